The van der Waals surface area contributed by atoms with Crippen LogP contribution in [0.15, 0.2) is 16.8 Å². The normalized spacial score (nSPS) is 30.9. The number of hydrogen-bond acceptors (Lipinski definition) is 4. The molecule has 4 heteroatoms. The van der Waals surface area contributed by atoms with Crippen molar-refractivity contribution < 1.29 is 4.74 Å². The van der Waals surface area contributed by atoms with Crippen LogP contribution in [0.4, 0.5) is 0 Å². The third kappa shape index (κ3) is 2.93. The average Bonchev–Trinajstić information content (AvgIpc) is 3.21. The first-order valence-corrected chi connectivity index (χ1v) is 8.72. The molecule has 2 aliphatic carbocycles. The lowest BCUT2D eigenvalue weighted by Gasteiger charge is -2.47. The summed E-state index contributed by atoms with van der Waals surface area (Å²) in [6.45, 7) is 1.85. The molecule has 0 aromatic carbocycles. The van der Waals surface area contributed by atoms with Crippen molar-refractivity contribution in [3.05, 3.63) is 22.4 Å². The van der Waals surface area contributed by atoms with Crippen molar-refractivity contribution in [2.24, 2.45) is 5.73 Å². The maximum atomic E-state index is 6.24. The predicted octanol–water partition coefficient (Wildman–Crippen LogP) is 3.00. The summed E-state index contributed by atoms with van der Waals surface area (Å²) in [6, 6.07) is 3.02. The summed E-state index contributed by atoms with van der Waals surface area (Å²) < 4.78 is 5.53. The molecule has 1 aromatic heterocycles. The second kappa shape index (κ2) is 6.14. The number of methoxy groups -OCH3 is 1. The van der Waals surface area contributed by atoms with E-state index in [-0.39, 0.29) is 5.54 Å². The van der Waals surface area contributed by atoms with E-state index in [4.69, 9.17) is 10.5 Å². The Bertz CT molecular complexity index is 408. The third-order valence-corrected chi connectivity index (χ3v) is 5.84. The molecule has 2 N–H and O–H groups in total. The fraction of sp³-hybridized carbons (Fsp3) is 0.750. The van der Waals surface area contributed by atoms with E-state index in [1.54, 1.807) is 11.3 Å². The molecule has 3 rings (SSSR count). The lowest BCUT2D eigenvalue weighted by Crippen LogP contribution is -2.56. The Balaban J connectivity index is 1.74. The van der Waals surface area contributed by atoms with Gasteiger partial charge in [-0.15, -0.1) is 0 Å². The van der Waals surface area contributed by atoms with Crippen molar-refractivity contribution in [2.45, 2.75) is 62.8 Å². The summed E-state index contributed by atoms with van der Waals surface area (Å²) in [5.41, 5.74) is 7.89. The van der Waals surface area contributed by atoms with Gasteiger partial charge >= 0.3 is 0 Å². The van der Waals surface area contributed by atoms with Crippen LogP contribution in [0.3, 0.4) is 0 Å². The highest BCUT2D eigenvalue weighted by atomic mass is 32.1. The maximum absolute atomic E-state index is 6.24. The van der Waals surface area contributed by atoms with Crippen molar-refractivity contribution in [3.63, 3.8) is 0 Å². The molecule has 0 unspecified atom stereocenters. The van der Waals surface area contributed by atoms with Gasteiger partial charge in [-0.25, -0.2) is 0 Å². The fourth-order valence-corrected chi connectivity index (χ4v) is 4.28. The number of nitrogens with zero attached hydrogens (tertiary/aromatic N) is 1. The molecule has 2 saturated carbocycles. The molecular weight excluding hydrogens is 268 g/mol. The van der Waals surface area contributed by atoms with Gasteiger partial charge < -0.3 is 10.5 Å². The van der Waals surface area contributed by atoms with Gasteiger partial charge in [-0.05, 0) is 60.9 Å². The van der Waals surface area contributed by atoms with E-state index in [0.717, 1.165) is 32.0 Å². The van der Waals surface area contributed by atoms with Crippen LogP contribution in [0, 0.1) is 0 Å². The Labute approximate surface area is 126 Å². The SMILES string of the molecule is COC1CCC(CN)(N(Cc2ccsc2)C2CC2)CC1. The molecule has 0 aliphatic heterocycles. The van der Waals surface area contributed by atoms with Crippen LogP contribution < -0.4 is 5.73 Å². The number of hydrogen-bond donors (Lipinski definition) is 1. The van der Waals surface area contributed by atoms with E-state index in [2.05, 4.69) is 21.7 Å². The van der Waals surface area contributed by atoms with E-state index < -0.39 is 0 Å². The average molecular weight is 294 g/mol. The molecule has 0 amide bonds. The van der Waals surface area contributed by atoms with Crippen molar-refractivity contribution >= 4 is 11.3 Å². The third-order valence-electron chi connectivity index (χ3n) is 5.11. The Kier molecular flexibility index (Phi) is 4.46. The van der Waals surface area contributed by atoms with E-state index in [1.165, 1.54) is 31.2 Å². The van der Waals surface area contributed by atoms with Crippen molar-refractivity contribution in [1.29, 1.82) is 0 Å². The highest BCUT2D eigenvalue weighted by molar-refractivity contribution is 7.07. The molecule has 20 heavy (non-hydrogen) atoms. The number of thiophene rings is 1. The summed E-state index contributed by atoms with van der Waals surface area (Å²) in [4.78, 5) is 2.72. The molecule has 3 nitrogen and oxygen atoms in total. The van der Waals surface area contributed by atoms with Gasteiger partial charge in [-0.1, -0.05) is 0 Å². The van der Waals surface area contributed by atoms with Gasteiger partial charge in [0, 0.05) is 31.8 Å². The minimum Gasteiger partial charge on any atom is -0.381 e. The number of ether oxygens (including phenoxy) is 1. The lowest BCUT2D eigenvalue weighted by atomic mass is 9.78. The highest BCUT2D eigenvalue weighted by Crippen LogP contribution is 2.42. The van der Waals surface area contributed by atoms with Gasteiger partial charge in [0.15, 0.2) is 0 Å². The monoisotopic (exact) mass is 294 g/mol. The predicted molar refractivity (Wildman–Crippen MR) is 83.9 cm³/mol. The quantitative estimate of drug-likeness (QED) is 0.876. The van der Waals surface area contributed by atoms with Crippen molar-refractivity contribution in [2.75, 3.05) is 13.7 Å². The van der Waals surface area contributed by atoms with Crippen LogP contribution in [-0.2, 0) is 11.3 Å². The molecule has 0 bridgehead atoms. The van der Waals surface area contributed by atoms with Gasteiger partial charge in [0.25, 0.3) is 0 Å². The topological polar surface area (TPSA) is 38.5 Å². The second-order valence-electron chi connectivity index (χ2n) is 6.35. The zero-order valence-electron chi connectivity index (χ0n) is 12.4. The van der Waals surface area contributed by atoms with Crippen LogP contribution in [0.5, 0.6) is 0 Å². The van der Waals surface area contributed by atoms with Gasteiger partial charge in [0.05, 0.1) is 6.10 Å². The fourth-order valence-electron chi connectivity index (χ4n) is 3.62. The highest BCUT2D eigenvalue weighted by Gasteiger charge is 2.45. The Morgan fingerprint density at radius 1 is 1.35 bits per heavy atom. The van der Waals surface area contributed by atoms with E-state index >= 15 is 0 Å². The standard InChI is InChI=1S/C16H26N2OS/c1-19-15-4-7-16(12-17,8-5-15)18(14-2-3-14)10-13-6-9-20-11-13/h6,9,11,14-15H,2-5,7-8,10,12,17H2,1H3. The molecule has 0 spiro atoms. The van der Waals surface area contributed by atoms with Crippen molar-refractivity contribution in [1.82, 2.24) is 4.90 Å². The van der Waals surface area contributed by atoms with Crippen LogP contribution >= 0.6 is 11.3 Å². The summed E-state index contributed by atoms with van der Waals surface area (Å²) in [5.74, 6) is 0. The Hall–Kier alpha value is -0.420. The molecule has 0 radical (unpaired) electrons. The first-order valence-electron chi connectivity index (χ1n) is 7.78. The summed E-state index contributed by atoms with van der Waals surface area (Å²) in [6.07, 6.45) is 7.81. The zero-order chi connectivity index (χ0) is 14.0. The molecule has 0 saturated heterocycles. The second-order valence-corrected chi connectivity index (χ2v) is 7.13. The van der Waals surface area contributed by atoms with Crippen LogP contribution in [0.2, 0.25) is 0 Å². The van der Waals surface area contributed by atoms with Gasteiger partial charge in [-0.3, -0.25) is 4.90 Å². The minimum absolute atomic E-state index is 0.206. The number of rotatable bonds is 6. The van der Waals surface area contributed by atoms with Crippen molar-refractivity contribution in [3.8, 4) is 0 Å². The molecule has 2 aliphatic rings. The van der Waals surface area contributed by atoms with E-state index in [9.17, 15) is 0 Å². The Morgan fingerprint density at radius 2 is 2.10 bits per heavy atom. The lowest BCUT2D eigenvalue weighted by molar-refractivity contribution is -0.0148. The van der Waals surface area contributed by atoms with Crippen LogP contribution in [0.1, 0.15) is 44.1 Å². The number of nitrogens with two attached hydrogens (primary N) is 1. The van der Waals surface area contributed by atoms with Gasteiger partial charge in [-0.2, -0.15) is 11.3 Å². The molecule has 0 atom stereocenters. The summed E-state index contributed by atoms with van der Waals surface area (Å²) in [7, 11) is 1.84. The van der Waals surface area contributed by atoms with Crippen LogP contribution in [-0.4, -0.2) is 36.2 Å². The summed E-state index contributed by atoms with van der Waals surface area (Å²) in [5, 5.41) is 4.46. The maximum Gasteiger partial charge on any atom is 0.0572 e. The molecular formula is C16H26N2OS. The molecule has 1 aromatic rings. The molecule has 2 fully saturated rings. The molecule has 112 valence electrons. The largest absolute Gasteiger partial charge is 0.381 e. The Morgan fingerprint density at radius 3 is 2.60 bits per heavy atom. The summed E-state index contributed by atoms with van der Waals surface area (Å²) >= 11 is 1.79. The van der Waals surface area contributed by atoms with Gasteiger partial charge in [0.1, 0.15) is 0 Å². The van der Waals surface area contributed by atoms with Crippen LogP contribution in [0.25, 0.3) is 0 Å². The zero-order valence-corrected chi connectivity index (χ0v) is 13.2. The first kappa shape index (κ1) is 14.5. The van der Waals surface area contributed by atoms with E-state index in [1.807, 2.05) is 7.11 Å². The molecule has 1 heterocycles. The smallest absolute Gasteiger partial charge is 0.0572 e. The minimum atomic E-state index is 0.206. The first-order chi connectivity index (χ1) is 9.77. The van der Waals surface area contributed by atoms with E-state index in [0.29, 0.717) is 6.10 Å². The van der Waals surface area contributed by atoms with Gasteiger partial charge in [0.2, 0.25) is 0 Å².